The Hall–Kier alpha value is -3.85. The van der Waals surface area contributed by atoms with Gasteiger partial charge in [-0.1, -0.05) is 0 Å². The highest BCUT2D eigenvalue weighted by atomic mass is 16.5. The number of rotatable bonds is 8. The van der Waals surface area contributed by atoms with E-state index in [1.807, 2.05) is 11.0 Å². The van der Waals surface area contributed by atoms with Gasteiger partial charge >= 0.3 is 0 Å². The lowest BCUT2D eigenvalue weighted by Gasteiger charge is -2.40. The van der Waals surface area contributed by atoms with Gasteiger partial charge in [0.05, 0.1) is 25.8 Å². The van der Waals surface area contributed by atoms with E-state index in [2.05, 4.69) is 10.3 Å². The number of carbonyl (C=O) groups excluding carboxylic acids is 2. The van der Waals surface area contributed by atoms with Gasteiger partial charge in [0.1, 0.15) is 16.9 Å². The van der Waals surface area contributed by atoms with E-state index in [-0.39, 0.29) is 30.0 Å². The fourth-order valence-corrected chi connectivity index (χ4v) is 6.08. The summed E-state index contributed by atoms with van der Waals surface area (Å²) in [5.41, 5.74) is 0.387. The van der Waals surface area contributed by atoms with Gasteiger partial charge < -0.3 is 29.2 Å². The Balaban J connectivity index is 1.14. The first-order chi connectivity index (χ1) is 19.0. The van der Waals surface area contributed by atoms with Crippen molar-refractivity contribution in [2.24, 2.45) is 5.41 Å². The van der Waals surface area contributed by atoms with Crippen molar-refractivity contribution in [3.05, 3.63) is 48.7 Å². The summed E-state index contributed by atoms with van der Waals surface area (Å²) in [4.78, 5) is 33.3. The molecule has 3 aliphatic rings. The molecule has 204 valence electrons. The molecule has 0 radical (unpaired) electrons. The molecule has 9 nitrogen and oxygen atoms in total. The van der Waals surface area contributed by atoms with Crippen molar-refractivity contribution in [1.82, 2.24) is 9.88 Å². The van der Waals surface area contributed by atoms with E-state index in [0.29, 0.717) is 47.0 Å². The first-order valence-corrected chi connectivity index (χ1v) is 13.4. The first kappa shape index (κ1) is 25.4. The van der Waals surface area contributed by atoms with E-state index >= 15 is 0 Å². The predicted molar refractivity (Wildman–Crippen MR) is 145 cm³/mol. The van der Waals surface area contributed by atoms with Crippen LogP contribution >= 0.6 is 0 Å². The maximum Gasteiger partial charge on any atom is 0.240 e. The zero-order chi connectivity index (χ0) is 27.1. The molecule has 2 amide bonds. The quantitative estimate of drug-likeness (QED) is 0.412. The average Bonchev–Trinajstić information content (AvgIpc) is 3.73. The number of aromatic nitrogens is 1. The Bertz CT molecular complexity index is 1390. The van der Waals surface area contributed by atoms with E-state index in [1.165, 1.54) is 0 Å². The molecule has 6 rings (SSSR count). The minimum Gasteiger partial charge on any atom is -0.493 e. The van der Waals surface area contributed by atoms with Crippen LogP contribution in [0.15, 0.2) is 48.7 Å². The molecule has 0 spiro atoms. The van der Waals surface area contributed by atoms with Crippen LogP contribution in [0.5, 0.6) is 23.0 Å². The van der Waals surface area contributed by atoms with Crippen LogP contribution in [0.3, 0.4) is 0 Å². The Labute approximate surface area is 227 Å². The van der Waals surface area contributed by atoms with Crippen molar-refractivity contribution < 1.29 is 28.5 Å². The summed E-state index contributed by atoms with van der Waals surface area (Å²) >= 11 is 0. The van der Waals surface area contributed by atoms with Gasteiger partial charge in [-0.3, -0.25) is 14.6 Å². The number of benzene rings is 2. The van der Waals surface area contributed by atoms with E-state index in [9.17, 15) is 9.59 Å². The summed E-state index contributed by atoms with van der Waals surface area (Å²) in [7, 11) is 4.90. The van der Waals surface area contributed by atoms with Crippen LogP contribution in [-0.2, 0) is 14.3 Å². The van der Waals surface area contributed by atoms with Gasteiger partial charge in [-0.15, -0.1) is 0 Å². The zero-order valence-corrected chi connectivity index (χ0v) is 22.4. The number of amides is 2. The molecular weight excluding hydrogens is 498 g/mol. The molecular formula is C30H33N3O6. The van der Waals surface area contributed by atoms with Crippen LogP contribution in [0.2, 0.25) is 0 Å². The SMILES string of the molecule is COc1cc2nccc(Oc3ccc(NC(=O)C4(C(=O)N5[C@@H]6CC[C@H]5C[C@@H](OC)C6)CC4)cc3)c2cc1OC. The number of hydrogen-bond donors (Lipinski definition) is 1. The largest absolute Gasteiger partial charge is 0.493 e. The van der Waals surface area contributed by atoms with E-state index < -0.39 is 5.41 Å². The lowest BCUT2D eigenvalue weighted by atomic mass is 9.95. The molecule has 3 aromatic rings. The molecule has 1 aromatic heterocycles. The van der Waals surface area contributed by atoms with Crippen molar-refractivity contribution in [2.75, 3.05) is 26.6 Å². The summed E-state index contributed by atoms with van der Waals surface area (Å²) < 4.78 is 22.5. The summed E-state index contributed by atoms with van der Waals surface area (Å²) in [5, 5.41) is 3.76. The topological polar surface area (TPSA) is 99.2 Å². The smallest absolute Gasteiger partial charge is 0.240 e. The number of pyridine rings is 1. The van der Waals surface area contributed by atoms with Crippen LogP contribution in [0.25, 0.3) is 10.9 Å². The minimum absolute atomic E-state index is 0.0152. The molecule has 2 aliphatic heterocycles. The lowest BCUT2D eigenvalue weighted by molar-refractivity contribution is -0.147. The molecule has 2 aromatic carbocycles. The summed E-state index contributed by atoms with van der Waals surface area (Å²) in [6, 6.07) is 12.9. The molecule has 2 saturated heterocycles. The van der Waals surface area contributed by atoms with Crippen molar-refractivity contribution in [1.29, 1.82) is 0 Å². The second-order valence-electron chi connectivity index (χ2n) is 10.6. The number of nitrogens with zero attached hydrogens (tertiary/aromatic N) is 2. The fraction of sp³-hybridized carbons (Fsp3) is 0.433. The summed E-state index contributed by atoms with van der Waals surface area (Å²) in [6.07, 6.45) is 6.73. The fourth-order valence-electron chi connectivity index (χ4n) is 6.08. The molecule has 39 heavy (non-hydrogen) atoms. The molecule has 0 unspecified atom stereocenters. The molecule has 1 saturated carbocycles. The predicted octanol–water partition coefficient (Wildman–Crippen LogP) is 4.93. The van der Waals surface area contributed by atoms with E-state index in [1.54, 1.807) is 63.9 Å². The number of methoxy groups -OCH3 is 3. The van der Waals surface area contributed by atoms with Crippen molar-refractivity contribution in [3.8, 4) is 23.0 Å². The monoisotopic (exact) mass is 531 g/mol. The van der Waals surface area contributed by atoms with Crippen molar-refractivity contribution >= 4 is 28.4 Å². The van der Waals surface area contributed by atoms with Gasteiger partial charge in [0.25, 0.3) is 0 Å². The van der Waals surface area contributed by atoms with Crippen LogP contribution in [-0.4, -0.2) is 61.2 Å². The standard InChI is InChI=1S/C30H33N3O6/c1-36-22-14-19-6-7-20(15-22)33(19)29(35)30(11-12-30)28(34)32-18-4-8-21(9-5-18)39-25-10-13-31-24-17-27(38-3)26(37-2)16-23(24)25/h4-5,8-10,13,16-17,19-20,22H,6-7,11-12,14-15H2,1-3H3,(H,32,34)/t19-,20+,22+. The van der Waals surface area contributed by atoms with Gasteiger partial charge in [0.2, 0.25) is 11.8 Å². The normalized spacial score (nSPS) is 22.8. The second-order valence-corrected chi connectivity index (χ2v) is 10.6. The molecule has 1 aliphatic carbocycles. The molecule has 2 bridgehead atoms. The lowest BCUT2D eigenvalue weighted by Crippen LogP contribution is -2.53. The third kappa shape index (κ3) is 4.54. The summed E-state index contributed by atoms with van der Waals surface area (Å²) in [5.74, 6) is 2.15. The number of ether oxygens (including phenoxy) is 4. The number of anilines is 1. The van der Waals surface area contributed by atoms with Gasteiger partial charge in [0, 0.05) is 42.5 Å². The van der Waals surface area contributed by atoms with Crippen LogP contribution in [0.1, 0.15) is 38.5 Å². The average molecular weight is 532 g/mol. The third-order valence-corrected chi connectivity index (χ3v) is 8.40. The Morgan fingerprint density at radius 2 is 1.59 bits per heavy atom. The van der Waals surface area contributed by atoms with Crippen molar-refractivity contribution in [3.63, 3.8) is 0 Å². The van der Waals surface area contributed by atoms with Crippen LogP contribution < -0.4 is 19.5 Å². The number of piperidine rings is 1. The third-order valence-electron chi connectivity index (χ3n) is 8.40. The van der Waals surface area contributed by atoms with Gasteiger partial charge in [-0.2, -0.15) is 0 Å². The molecule has 3 heterocycles. The number of carbonyl (C=O) groups is 2. The number of fused-ring (bicyclic) bond motifs is 3. The highest BCUT2D eigenvalue weighted by Crippen LogP contribution is 2.51. The molecule has 3 fully saturated rings. The Morgan fingerprint density at radius 3 is 2.21 bits per heavy atom. The van der Waals surface area contributed by atoms with Gasteiger partial charge in [0.15, 0.2) is 11.5 Å². The van der Waals surface area contributed by atoms with Crippen LogP contribution in [0, 0.1) is 5.41 Å². The molecule has 9 heteroatoms. The Morgan fingerprint density at radius 1 is 0.923 bits per heavy atom. The molecule has 3 atom stereocenters. The Kier molecular flexibility index (Phi) is 6.54. The van der Waals surface area contributed by atoms with Crippen LogP contribution in [0.4, 0.5) is 5.69 Å². The second kappa shape index (κ2) is 10.0. The molecule has 1 N–H and O–H groups in total. The van der Waals surface area contributed by atoms with E-state index in [4.69, 9.17) is 18.9 Å². The van der Waals surface area contributed by atoms with Gasteiger partial charge in [-0.25, -0.2) is 0 Å². The zero-order valence-electron chi connectivity index (χ0n) is 22.4. The number of hydrogen-bond acceptors (Lipinski definition) is 7. The first-order valence-electron chi connectivity index (χ1n) is 13.4. The maximum atomic E-state index is 13.6. The highest BCUT2D eigenvalue weighted by molar-refractivity contribution is 6.13. The summed E-state index contributed by atoms with van der Waals surface area (Å²) in [6.45, 7) is 0. The highest BCUT2D eigenvalue weighted by Gasteiger charge is 2.61. The maximum absolute atomic E-state index is 13.6. The minimum atomic E-state index is -0.952. The van der Waals surface area contributed by atoms with Gasteiger partial charge in [-0.05, 0) is 74.9 Å². The van der Waals surface area contributed by atoms with E-state index in [0.717, 1.165) is 31.1 Å². The number of nitrogens with one attached hydrogen (secondary N) is 1. The van der Waals surface area contributed by atoms with Crippen molar-refractivity contribution in [2.45, 2.75) is 56.7 Å².